The lowest BCUT2D eigenvalue weighted by Crippen LogP contribution is -2.27. The molecule has 0 spiro atoms. The second-order valence-corrected chi connectivity index (χ2v) is 7.95. The van der Waals surface area contributed by atoms with E-state index in [0.29, 0.717) is 13.2 Å². The molecule has 0 saturated carbocycles. The number of rotatable bonds is 22. The third-order valence-corrected chi connectivity index (χ3v) is 5.34. The van der Waals surface area contributed by atoms with Crippen molar-refractivity contribution in [1.29, 1.82) is 0 Å². The van der Waals surface area contributed by atoms with E-state index in [1.54, 1.807) is 0 Å². The molecule has 0 aromatic carbocycles. The average molecular weight is 372 g/mol. The van der Waals surface area contributed by atoms with Gasteiger partial charge in [0.1, 0.15) is 0 Å². The second-order valence-electron chi connectivity index (χ2n) is 7.95. The Morgan fingerprint density at radius 2 is 0.731 bits per heavy atom. The number of nitrogens with zero attached hydrogens (tertiary/aromatic N) is 1. The fourth-order valence-electron chi connectivity index (χ4n) is 3.58. The van der Waals surface area contributed by atoms with Gasteiger partial charge in [-0.1, -0.05) is 84.0 Å². The molecule has 0 amide bonds. The minimum atomic E-state index is 0.353. The van der Waals surface area contributed by atoms with Crippen molar-refractivity contribution in [3.8, 4) is 0 Å². The lowest BCUT2D eigenvalue weighted by molar-refractivity contribution is 0.252. The fourth-order valence-corrected chi connectivity index (χ4v) is 3.58. The van der Waals surface area contributed by atoms with Crippen molar-refractivity contribution in [3.05, 3.63) is 0 Å². The highest BCUT2D eigenvalue weighted by Crippen LogP contribution is 2.11. The van der Waals surface area contributed by atoms with Crippen LogP contribution in [0.2, 0.25) is 0 Å². The number of aliphatic hydroxyl groups excluding tert-OH is 2. The molecule has 0 radical (unpaired) electrons. The Kier molecular flexibility index (Phi) is 22.8. The molecule has 158 valence electrons. The Balaban J connectivity index is 3.75. The van der Waals surface area contributed by atoms with E-state index in [1.165, 1.54) is 116 Å². The quantitative estimate of drug-likeness (QED) is 0.232. The van der Waals surface area contributed by atoms with Crippen LogP contribution >= 0.6 is 0 Å². The summed E-state index contributed by atoms with van der Waals surface area (Å²) in [5, 5.41) is 17.6. The molecule has 0 aromatic heterocycles. The summed E-state index contributed by atoms with van der Waals surface area (Å²) >= 11 is 0. The van der Waals surface area contributed by atoms with Gasteiger partial charge in [0.05, 0.1) is 0 Å². The zero-order valence-electron chi connectivity index (χ0n) is 17.9. The molecule has 0 saturated heterocycles. The summed E-state index contributed by atoms with van der Waals surface area (Å²) < 4.78 is 0. The van der Waals surface area contributed by atoms with Crippen molar-refractivity contribution in [3.63, 3.8) is 0 Å². The van der Waals surface area contributed by atoms with E-state index < -0.39 is 0 Å². The standard InChI is InChI=1S/C23H49NO2/c1-2-3-4-9-14-19-24(20-15-10-5-7-12-17-22-25)21-16-11-6-8-13-18-23-26/h25-26H,2-23H2,1H3. The summed E-state index contributed by atoms with van der Waals surface area (Å²) in [4.78, 5) is 2.72. The molecule has 0 fully saturated rings. The van der Waals surface area contributed by atoms with Crippen LogP contribution in [0, 0.1) is 0 Å². The third-order valence-electron chi connectivity index (χ3n) is 5.34. The van der Waals surface area contributed by atoms with E-state index in [2.05, 4.69) is 11.8 Å². The summed E-state index contributed by atoms with van der Waals surface area (Å²) in [6.45, 7) is 6.83. The molecular formula is C23H49NO2. The topological polar surface area (TPSA) is 43.7 Å². The van der Waals surface area contributed by atoms with Crippen molar-refractivity contribution >= 4 is 0 Å². The SMILES string of the molecule is CCCCCCCN(CCCCCCCCO)CCCCCCCCO. The second kappa shape index (κ2) is 22.9. The molecule has 3 heteroatoms. The summed E-state index contributed by atoms with van der Waals surface area (Å²) in [5.41, 5.74) is 0. The van der Waals surface area contributed by atoms with E-state index in [0.717, 1.165) is 12.8 Å². The van der Waals surface area contributed by atoms with Gasteiger partial charge < -0.3 is 15.1 Å². The number of hydrogen-bond acceptors (Lipinski definition) is 3. The number of aliphatic hydroxyl groups is 2. The summed E-state index contributed by atoms with van der Waals surface area (Å²) in [6.07, 6.45) is 21.8. The van der Waals surface area contributed by atoms with Gasteiger partial charge in [0.15, 0.2) is 0 Å². The molecule has 0 heterocycles. The predicted molar refractivity (Wildman–Crippen MR) is 115 cm³/mol. The molecule has 26 heavy (non-hydrogen) atoms. The first-order chi connectivity index (χ1) is 12.8. The van der Waals surface area contributed by atoms with Crippen LogP contribution in [0.15, 0.2) is 0 Å². The van der Waals surface area contributed by atoms with Crippen LogP contribution in [0.3, 0.4) is 0 Å². The van der Waals surface area contributed by atoms with E-state index in [1.807, 2.05) is 0 Å². The van der Waals surface area contributed by atoms with Gasteiger partial charge in [0.25, 0.3) is 0 Å². The van der Waals surface area contributed by atoms with Crippen molar-refractivity contribution in [2.45, 2.75) is 116 Å². The highest BCUT2D eigenvalue weighted by Gasteiger charge is 2.05. The van der Waals surface area contributed by atoms with Crippen molar-refractivity contribution in [1.82, 2.24) is 4.90 Å². The molecule has 0 atom stereocenters. The smallest absolute Gasteiger partial charge is 0.0431 e. The van der Waals surface area contributed by atoms with Crippen LogP contribution in [-0.2, 0) is 0 Å². The van der Waals surface area contributed by atoms with Crippen LogP contribution in [0.1, 0.15) is 116 Å². The minimum absolute atomic E-state index is 0.353. The highest BCUT2D eigenvalue weighted by molar-refractivity contribution is 4.60. The van der Waals surface area contributed by atoms with Crippen molar-refractivity contribution < 1.29 is 10.2 Å². The molecular weight excluding hydrogens is 322 g/mol. The van der Waals surface area contributed by atoms with Crippen LogP contribution in [0.5, 0.6) is 0 Å². The summed E-state index contributed by atoms with van der Waals surface area (Å²) in [7, 11) is 0. The minimum Gasteiger partial charge on any atom is -0.396 e. The maximum Gasteiger partial charge on any atom is 0.0431 e. The first-order valence-electron chi connectivity index (χ1n) is 11.8. The Morgan fingerprint density at radius 1 is 0.423 bits per heavy atom. The molecule has 2 N–H and O–H groups in total. The van der Waals surface area contributed by atoms with Gasteiger partial charge in [0.2, 0.25) is 0 Å². The molecule has 0 unspecified atom stereocenters. The zero-order chi connectivity index (χ0) is 19.1. The lowest BCUT2D eigenvalue weighted by atomic mass is 10.1. The number of unbranched alkanes of at least 4 members (excludes halogenated alkanes) is 14. The van der Waals surface area contributed by atoms with Gasteiger partial charge in [-0.05, 0) is 51.7 Å². The average Bonchev–Trinajstić information content (AvgIpc) is 2.65. The van der Waals surface area contributed by atoms with E-state index in [4.69, 9.17) is 10.2 Å². The van der Waals surface area contributed by atoms with Gasteiger partial charge in [0, 0.05) is 13.2 Å². The molecule has 0 aliphatic rings. The molecule has 0 bridgehead atoms. The largest absolute Gasteiger partial charge is 0.396 e. The highest BCUT2D eigenvalue weighted by atomic mass is 16.3. The van der Waals surface area contributed by atoms with Crippen LogP contribution in [0.4, 0.5) is 0 Å². The van der Waals surface area contributed by atoms with Crippen LogP contribution in [0.25, 0.3) is 0 Å². The van der Waals surface area contributed by atoms with Gasteiger partial charge in [-0.15, -0.1) is 0 Å². The van der Waals surface area contributed by atoms with Crippen LogP contribution in [-0.4, -0.2) is 48.0 Å². The Labute approximate surface area is 164 Å². The van der Waals surface area contributed by atoms with Crippen molar-refractivity contribution in [2.75, 3.05) is 32.8 Å². The lowest BCUT2D eigenvalue weighted by Gasteiger charge is -2.22. The van der Waals surface area contributed by atoms with E-state index in [-0.39, 0.29) is 0 Å². The molecule has 3 nitrogen and oxygen atoms in total. The van der Waals surface area contributed by atoms with E-state index >= 15 is 0 Å². The molecule has 0 aliphatic carbocycles. The predicted octanol–water partition coefficient (Wildman–Crippen LogP) is 5.92. The first-order valence-corrected chi connectivity index (χ1v) is 11.8. The monoisotopic (exact) mass is 371 g/mol. The van der Waals surface area contributed by atoms with Crippen molar-refractivity contribution in [2.24, 2.45) is 0 Å². The molecule has 0 aromatic rings. The van der Waals surface area contributed by atoms with Gasteiger partial charge in [-0.2, -0.15) is 0 Å². The normalized spacial score (nSPS) is 11.5. The van der Waals surface area contributed by atoms with Gasteiger partial charge in [-0.25, -0.2) is 0 Å². The van der Waals surface area contributed by atoms with Crippen LogP contribution < -0.4 is 0 Å². The zero-order valence-corrected chi connectivity index (χ0v) is 17.9. The van der Waals surface area contributed by atoms with E-state index in [9.17, 15) is 0 Å². The first kappa shape index (κ1) is 25.9. The summed E-state index contributed by atoms with van der Waals surface area (Å²) in [6, 6.07) is 0. The Bertz CT molecular complexity index is 230. The Morgan fingerprint density at radius 3 is 1.08 bits per heavy atom. The van der Waals surface area contributed by atoms with Gasteiger partial charge in [-0.3, -0.25) is 0 Å². The fraction of sp³-hybridized carbons (Fsp3) is 1.00. The summed E-state index contributed by atoms with van der Waals surface area (Å²) in [5.74, 6) is 0. The number of hydrogen-bond donors (Lipinski definition) is 2. The maximum absolute atomic E-state index is 8.82. The third kappa shape index (κ3) is 20.2. The maximum atomic E-state index is 8.82. The van der Waals surface area contributed by atoms with Gasteiger partial charge >= 0.3 is 0 Å². The molecule has 0 rings (SSSR count). The molecule has 0 aliphatic heterocycles. The Hall–Kier alpha value is -0.120.